The fourth-order valence-corrected chi connectivity index (χ4v) is 1.86. The lowest BCUT2D eigenvalue weighted by molar-refractivity contribution is 0.699. The second kappa shape index (κ2) is 5.58. The highest BCUT2D eigenvalue weighted by Gasteiger charge is 2.07. The molecular weight excluding hydrogens is 252 g/mol. The number of aromatic nitrogens is 5. The van der Waals surface area contributed by atoms with Gasteiger partial charge in [0.25, 0.3) is 0 Å². The van der Waals surface area contributed by atoms with Crippen molar-refractivity contribution >= 4 is 0 Å². The highest BCUT2D eigenvalue weighted by Crippen LogP contribution is 2.13. The molecule has 0 amide bonds. The van der Waals surface area contributed by atoms with Crippen molar-refractivity contribution in [1.82, 2.24) is 25.2 Å². The van der Waals surface area contributed by atoms with Gasteiger partial charge in [0.05, 0.1) is 0 Å². The molecule has 6 heteroatoms. The Bertz CT molecular complexity index is 674. The maximum atomic E-state index is 5.51. The molecule has 0 saturated carbocycles. The first-order chi connectivity index (χ1) is 9.86. The molecule has 100 valence electrons. The van der Waals surface area contributed by atoms with Crippen LogP contribution in [0, 0.1) is 0 Å². The van der Waals surface area contributed by atoms with Gasteiger partial charge in [-0.3, -0.25) is 0 Å². The number of nitrogens with two attached hydrogens (primary N) is 1. The van der Waals surface area contributed by atoms with Crippen LogP contribution in [0.5, 0.6) is 0 Å². The Morgan fingerprint density at radius 1 is 1.05 bits per heavy atom. The zero-order valence-corrected chi connectivity index (χ0v) is 10.8. The van der Waals surface area contributed by atoms with Gasteiger partial charge in [-0.15, -0.1) is 15.0 Å². The summed E-state index contributed by atoms with van der Waals surface area (Å²) in [5.74, 6) is 1.22. The predicted molar refractivity (Wildman–Crippen MR) is 75.1 cm³/mol. The summed E-state index contributed by atoms with van der Waals surface area (Å²) >= 11 is 0. The van der Waals surface area contributed by atoms with Crippen molar-refractivity contribution in [3.8, 4) is 17.2 Å². The number of benzene rings is 1. The van der Waals surface area contributed by atoms with E-state index in [9.17, 15) is 0 Å². The Morgan fingerprint density at radius 2 is 1.90 bits per heavy atom. The molecule has 0 radical (unpaired) electrons. The maximum absolute atomic E-state index is 5.51. The quantitative estimate of drug-likeness (QED) is 0.768. The SMILES string of the molecule is NCCc1ccc(-n2nnc(-c3ccccc3)n2)nc1. The number of hydrogen-bond donors (Lipinski definition) is 1. The zero-order valence-electron chi connectivity index (χ0n) is 10.8. The van der Waals surface area contributed by atoms with Crippen molar-refractivity contribution in [3.63, 3.8) is 0 Å². The van der Waals surface area contributed by atoms with Gasteiger partial charge in [-0.05, 0) is 29.8 Å². The normalized spacial score (nSPS) is 10.7. The van der Waals surface area contributed by atoms with Crippen LogP contribution in [-0.2, 0) is 6.42 Å². The molecule has 2 N–H and O–H groups in total. The Labute approximate surface area is 116 Å². The van der Waals surface area contributed by atoms with E-state index in [1.165, 1.54) is 4.80 Å². The second-order valence-corrected chi connectivity index (χ2v) is 4.33. The average Bonchev–Trinajstić information content (AvgIpc) is 2.99. The van der Waals surface area contributed by atoms with E-state index < -0.39 is 0 Å². The van der Waals surface area contributed by atoms with Gasteiger partial charge in [-0.2, -0.15) is 0 Å². The van der Waals surface area contributed by atoms with Crippen molar-refractivity contribution in [2.24, 2.45) is 5.73 Å². The van der Waals surface area contributed by atoms with E-state index in [0.29, 0.717) is 18.2 Å². The Hall–Kier alpha value is -2.60. The van der Waals surface area contributed by atoms with Crippen molar-refractivity contribution in [2.75, 3.05) is 6.54 Å². The molecule has 6 nitrogen and oxygen atoms in total. The summed E-state index contributed by atoms with van der Waals surface area (Å²) in [7, 11) is 0. The van der Waals surface area contributed by atoms with Crippen LogP contribution in [0.2, 0.25) is 0 Å². The van der Waals surface area contributed by atoms with Gasteiger partial charge in [0.1, 0.15) is 0 Å². The lowest BCUT2D eigenvalue weighted by atomic mass is 10.2. The predicted octanol–water partition coefficient (Wildman–Crippen LogP) is 1.23. The van der Waals surface area contributed by atoms with Gasteiger partial charge in [0, 0.05) is 11.8 Å². The first kappa shape index (κ1) is 12.4. The summed E-state index contributed by atoms with van der Waals surface area (Å²) in [6, 6.07) is 13.6. The smallest absolute Gasteiger partial charge is 0.205 e. The summed E-state index contributed by atoms with van der Waals surface area (Å²) < 4.78 is 0. The van der Waals surface area contributed by atoms with E-state index in [1.54, 1.807) is 6.20 Å². The average molecular weight is 266 g/mol. The van der Waals surface area contributed by atoms with E-state index >= 15 is 0 Å². The number of rotatable bonds is 4. The minimum absolute atomic E-state index is 0.582. The lowest BCUT2D eigenvalue weighted by Gasteiger charge is -2.00. The molecule has 2 aromatic heterocycles. The summed E-state index contributed by atoms with van der Waals surface area (Å²) in [6.45, 7) is 0.612. The molecule has 0 saturated heterocycles. The first-order valence-corrected chi connectivity index (χ1v) is 6.37. The molecule has 3 aromatic rings. The monoisotopic (exact) mass is 266 g/mol. The summed E-state index contributed by atoms with van der Waals surface area (Å²) in [4.78, 5) is 5.74. The molecule has 20 heavy (non-hydrogen) atoms. The number of nitrogens with zero attached hydrogens (tertiary/aromatic N) is 5. The zero-order chi connectivity index (χ0) is 13.8. The van der Waals surface area contributed by atoms with E-state index in [4.69, 9.17) is 5.73 Å². The molecule has 0 fully saturated rings. The molecule has 2 heterocycles. The molecular formula is C14H14N6. The van der Waals surface area contributed by atoms with Crippen molar-refractivity contribution in [3.05, 3.63) is 54.2 Å². The third-order valence-corrected chi connectivity index (χ3v) is 2.89. The van der Waals surface area contributed by atoms with Crippen LogP contribution in [0.25, 0.3) is 17.2 Å². The van der Waals surface area contributed by atoms with Gasteiger partial charge in [0.2, 0.25) is 5.82 Å². The Kier molecular flexibility index (Phi) is 3.47. The standard InChI is InChI=1S/C14H14N6/c15-9-8-11-6-7-13(16-10-11)20-18-14(17-19-20)12-4-2-1-3-5-12/h1-7,10H,8-9,15H2. The summed E-state index contributed by atoms with van der Waals surface area (Å²) in [5, 5.41) is 12.4. The van der Waals surface area contributed by atoms with E-state index in [2.05, 4.69) is 20.4 Å². The van der Waals surface area contributed by atoms with Crippen molar-refractivity contribution in [2.45, 2.75) is 6.42 Å². The summed E-state index contributed by atoms with van der Waals surface area (Å²) in [6.07, 6.45) is 2.60. The van der Waals surface area contributed by atoms with E-state index in [0.717, 1.165) is 17.5 Å². The van der Waals surface area contributed by atoms with Crippen LogP contribution >= 0.6 is 0 Å². The summed E-state index contributed by atoms with van der Waals surface area (Å²) in [5.41, 5.74) is 7.54. The Balaban J connectivity index is 1.86. The fraction of sp³-hybridized carbons (Fsp3) is 0.143. The van der Waals surface area contributed by atoms with Crippen LogP contribution in [0.3, 0.4) is 0 Å². The number of tetrazole rings is 1. The second-order valence-electron chi connectivity index (χ2n) is 4.33. The largest absolute Gasteiger partial charge is 0.330 e. The Morgan fingerprint density at radius 3 is 2.60 bits per heavy atom. The molecule has 0 unspecified atom stereocenters. The van der Waals surface area contributed by atoms with Crippen LogP contribution in [0.15, 0.2) is 48.7 Å². The van der Waals surface area contributed by atoms with Gasteiger partial charge in [-0.1, -0.05) is 36.4 Å². The third kappa shape index (κ3) is 2.55. The van der Waals surface area contributed by atoms with Crippen molar-refractivity contribution < 1.29 is 0 Å². The van der Waals surface area contributed by atoms with Gasteiger partial charge < -0.3 is 5.73 Å². The topological polar surface area (TPSA) is 82.5 Å². The van der Waals surface area contributed by atoms with Gasteiger partial charge in [0.15, 0.2) is 5.82 Å². The maximum Gasteiger partial charge on any atom is 0.205 e. The van der Waals surface area contributed by atoms with Gasteiger partial charge >= 0.3 is 0 Å². The molecule has 0 aliphatic heterocycles. The van der Waals surface area contributed by atoms with Crippen LogP contribution in [0.4, 0.5) is 0 Å². The number of pyridine rings is 1. The van der Waals surface area contributed by atoms with Crippen molar-refractivity contribution in [1.29, 1.82) is 0 Å². The van der Waals surface area contributed by atoms with Crippen LogP contribution < -0.4 is 5.73 Å². The number of hydrogen-bond acceptors (Lipinski definition) is 5. The molecule has 0 bridgehead atoms. The van der Waals surface area contributed by atoms with Gasteiger partial charge in [-0.25, -0.2) is 4.98 Å². The highest BCUT2D eigenvalue weighted by atomic mass is 15.6. The first-order valence-electron chi connectivity index (χ1n) is 6.37. The highest BCUT2D eigenvalue weighted by molar-refractivity contribution is 5.53. The molecule has 1 aromatic carbocycles. The van der Waals surface area contributed by atoms with E-state index in [-0.39, 0.29) is 0 Å². The minimum atomic E-state index is 0.582. The molecule has 0 spiro atoms. The van der Waals surface area contributed by atoms with Crippen LogP contribution in [0.1, 0.15) is 5.56 Å². The van der Waals surface area contributed by atoms with E-state index in [1.807, 2.05) is 42.5 Å². The molecule has 0 atom stereocenters. The molecule has 3 rings (SSSR count). The third-order valence-electron chi connectivity index (χ3n) is 2.89. The molecule has 0 aliphatic carbocycles. The van der Waals surface area contributed by atoms with Crippen LogP contribution in [-0.4, -0.2) is 31.7 Å². The fourth-order valence-electron chi connectivity index (χ4n) is 1.86. The minimum Gasteiger partial charge on any atom is -0.330 e. The molecule has 0 aliphatic rings. The lowest BCUT2D eigenvalue weighted by Crippen LogP contribution is -2.05.